The average Bonchev–Trinajstić information content (AvgIpc) is 3.44. The van der Waals surface area contributed by atoms with E-state index in [1.165, 1.54) is 6.07 Å². The van der Waals surface area contributed by atoms with Gasteiger partial charge in [-0.3, -0.25) is 14.4 Å². The normalized spacial score (nSPS) is 16.1. The van der Waals surface area contributed by atoms with Crippen molar-refractivity contribution in [3.05, 3.63) is 71.9 Å². The first-order valence-corrected chi connectivity index (χ1v) is 12.4. The van der Waals surface area contributed by atoms with Gasteiger partial charge in [0.25, 0.3) is 5.91 Å². The molecule has 2 aromatic carbocycles. The second-order valence-electron chi connectivity index (χ2n) is 8.90. The molecule has 0 spiro atoms. The van der Waals surface area contributed by atoms with Crippen molar-refractivity contribution in [1.82, 2.24) is 15.4 Å². The number of carbonyl (C=O) groups excluding carboxylic acids is 3. The Morgan fingerprint density at radius 2 is 1.95 bits per heavy atom. The van der Waals surface area contributed by atoms with Gasteiger partial charge < -0.3 is 24.2 Å². The summed E-state index contributed by atoms with van der Waals surface area (Å²) < 4.78 is 15.8. The largest absolute Gasteiger partial charge is 0.497 e. The van der Waals surface area contributed by atoms with Crippen LogP contribution in [0.4, 0.5) is 0 Å². The molecule has 9 heteroatoms. The number of benzene rings is 2. The first-order valence-electron chi connectivity index (χ1n) is 12.4. The van der Waals surface area contributed by atoms with E-state index in [0.717, 1.165) is 5.56 Å². The van der Waals surface area contributed by atoms with Crippen LogP contribution in [0.25, 0.3) is 11.3 Å². The van der Waals surface area contributed by atoms with E-state index in [1.807, 2.05) is 42.5 Å². The van der Waals surface area contributed by atoms with Gasteiger partial charge in [0.05, 0.1) is 19.6 Å². The molecule has 0 saturated carbocycles. The van der Waals surface area contributed by atoms with E-state index in [-0.39, 0.29) is 30.0 Å². The molecule has 2 amide bonds. The highest BCUT2D eigenvalue weighted by molar-refractivity contribution is 5.97. The molecule has 0 radical (unpaired) electrons. The van der Waals surface area contributed by atoms with Crippen molar-refractivity contribution in [2.75, 3.05) is 26.8 Å². The molecule has 1 aromatic heterocycles. The third-order valence-corrected chi connectivity index (χ3v) is 6.34. The average molecular weight is 506 g/mol. The summed E-state index contributed by atoms with van der Waals surface area (Å²) in [5, 5.41) is 6.76. The molecule has 1 N–H and O–H groups in total. The highest BCUT2D eigenvalue weighted by Gasteiger charge is 2.33. The van der Waals surface area contributed by atoms with E-state index in [4.69, 9.17) is 14.0 Å². The third kappa shape index (κ3) is 6.55. The number of esters is 1. The maximum Gasteiger partial charge on any atom is 0.310 e. The number of nitrogens with one attached hydrogen (secondary N) is 1. The Labute approximate surface area is 215 Å². The fraction of sp³-hybridized carbons (Fsp3) is 0.357. The number of carbonyl (C=O) groups is 3. The van der Waals surface area contributed by atoms with Crippen LogP contribution in [0.15, 0.2) is 65.2 Å². The van der Waals surface area contributed by atoms with Crippen LogP contribution in [0.2, 0.25) is 0 Å². The van der Waals surface area contributed by atoms with Gasteiger partial charge in [0.15, 0.2) is 11.5 Å². The molecule has 1 saturated heterocycles. The number of methoxy groups -OCH3 is 1. The van der Waals surface area contributed by atoms with Crippen molar-refractivity contribution < 1.29 is 28.4 Å². The van der Waals surface area contributed by atoms with E-state index in [2.05, 4.69) is 10.5 Å². The van der Waals surface area contributed by atoms with Crippen molar-refractivity contribution in [2.24, 2.45) is 5.92 Å². The zero-order chi connectivity index (χ0) is 26.2. The van der Waals surface area contributed by atoms with Crippen LogP contribution in [0.3, 0.4) is 0 Å². The zero-order valence-electron chi connectivity index (χ0n) is 21.0. The van der Waals surface area contributed by atoms with Gasteiger partial charge in [-0.15, -0.1) is 0 Å². The molecule has 37 heavy (non-hydrogen) atoms. The quantitative estimate of drug-likeness (QED) is 0.443. The lowest BCUT2D eigenvalue weighted by molar-refractivity contribution is -0.151. The molecule has 2 atom stereocenters. The van der Waals surface area contributed by atoms with Gasteiger partial charge in [0.1, 0.15) is 11.8 Å². The lowest BCUT2D eigenvalue weighted by atomic mass is 9.96. The van der Waals surface area contributed by atoms with E-state index in [0.29, 0.717) is 49.5 Å². The van der Waals surface area contributed by atoms with Crippen LogP contribution >= 0.6 is 0 Å². The van der Waals surface area contributed by atoms with E-state index in [1.54, 1.807) is 31.1 Å². The summed E-state index contributed by atoms with van der Waals surface area (Å²) in [6.07, 6.45) is 1.66. The predicted octanol–water partition coefficient (Wildman–Crippen LogP) is 3.49. The van der Waals surface area contributed by atoms with Gasteiger partial charge in [-0.2, -0.15) is 0 Å². The molecule has 1 aliphatic rings. The number of aromatic nitrogens is 1. The van der Waals surface area contributed by atoms with Crippen LogP contribution < -0.4 is 10.1 Å². The maximum absolute atomic E-state index is 13.6. The Bertz CT molecular complexity index is 1230. The fourth-order valence-electron chi connectivity index (χ4n) is 4.43. The molecule has 0 aliphatic carbocycles. The number of piperidine rings is 1. The second kappa shape index (κ2) is 12.2. The second-order valence-corrected chi connectivity index (χ2v) is 8.90. The summed E-state index contributed by atoms with van der Waals surface area (Å²) in [5.74, 6) is -0.378. The van der Waals surface area contributed by atoms with E-state index < -0.39 is 11.9 Å². The molecule has 0 bridgehead atoms. The third-order valence-electron chi connectivity index (χ3n) is 6.34. The van der Waals surface area contributed by atoms with Crippen LogP contribution in [-0.4, -0.2) is 60.7 Å². The van der Waals surface area contributed by atoms with Gasteiger partial charge in [0, 0.05) is 31.1 Å². The molecular formula is C28H31N3O6. The van der Waals surface area contributed by atoms with Gasteiger partial charge >= 0.3 is 5.97 Å². The minimum Gasteiger partial charge on any atom is -0.497 e. The smallest absolute Gasteiger partial charge is 0.310 e. The van der Waals surface area contributed by atoms with Gasteiger partial charge in [-0.1, -0.05) is 47.6 Å². The fourth-order valence-corrected chi connectivity index (χ4v) is 4.43. The summed E-state index contributed by atoms with van der Waals surface area (Å²) in [5.41, 5.74) is 1.67. The van der Waals surface area contributed by atoms with Crippen molar-refractivity contribution in [3.8, 4) is 17.1 Å². The van der Waals surface area contributed by atoms with Crippen LogP contribution in [-0.2, 0) is 20.7 Å². The highest BCUT2D eigenvalue weighted by atomic mass is 16.5. The summed E-state index contributed by atoms with van der Waals surface area (Å²) in [4.78, 5) is 40.7. The van der Waals surface area contributed by atoms with Crippen LogP contribution in [0.5, 0.6) is 5.75 Å². The Morgan fingerprint density at radius 1 is 1.14 bits per heavy atom. The van der Waals surface area contributed by atoms with Crippen molar-refractivity contribution in [1.29, 1.82) is 0 Å². The predicted molar refractivity (Wildman–Crippen MR) is 136 cm³/mol. The number of amides is 2. The zero-order valence-corrected chi connectivity index (χ0v) is 21.0. The molecule has 0 unspecified atom stereocenters. The van der Waals surface area contributed by atoms with Crippen molar-refractivity contribution in [2.45, 2.75) is 32.2 Å². The first kappa shape index (κ1) is 25.9. The number of rotatable bonds is 9. The van der Waals surface area contributed by atoms with Crippen LogP contribution in [0, 0.1) is 5.92 Å². The molecule has 194 valence electrons. The molecular weight excluding hydrogens is 474 g/mol. The number of hydrogen-bond donors (Lipinski definition) is 1. The Hall–Kier alpha value is -4.14. The molecule has 1 fully saturated rings. The van der Waals surface area contributed by atoms with E-state index >= 15 is 0 Å². The van der Waals surface area contributed by atoms with Crippen LogP contribution in [0.1, 0.15) is 35.8 Å². The Morgan fingerprint density at radius 3 is 2.70 bits per heavy atom. The monoisotopic (exact) mass is 505 g/mol. The van der Waals surface area contributed by atoms with Gasteiger partial charge in [-0.05, 0) is 37.5 Å². The summed E-state index contributed by atoms with van der Waals surface area (Å²) in [6.45, 7) is 2.84. The Kier molecular flexibility index (Phi) is 8.56. The molecule has 9 nitrogen and oxygen atoms in total. The van der Waals surface area contributed by atoms with E-state index in [9.17, 15) is 14.4 Å². The van der Waals surface area contributed by atoms with Crippen molar-refractivity contribution >= 4 is 17.8 Å². The molecule has 1 aliphatic heterocycles. The number of ether oxygens (including phenoxy) is 2. The topological polar surface area (TPSA) is 111 Å². The minimum atomic E-state index is -0.840. The van der Waals surface area contributed by atoms with Gasteiger partial charge in [-0.25, -0.2) is 0 Å². The maximum atomic E-state index is 13.6. The summed E-state index contributed by atoms with van der Waals surface area (Å²) in [6, 6.07) is 17.4. The molecule has 4 rings (SSSR count). The number of nitrogens with zero attached hydrogens (tertiary/aromatic N) is 2. The highest BCUT2D eigenvalue weighted by Crippen LogP contribution is 2.25. The lowest BCUT2D eigenvalue weighted by Crippen LogP contribution is -2.53. The summed E-state index contributed by atoms with van der Waals surface area (Å²) in [7, 11) is 1.57. The SMILES string of the molecule is CCOC(=O)[C@H]1CCCN(C(=O)[C@H](Cc2ccccc2)NC(=O)c2cc(-c3cccc(OC)c3)on2)C1. The first-order chi connectivity index (χ1) is 18.0. The minimum absolute atomic E-state index is 0.0618. The Balaban J connectivity index is 1.51. The number of likely N-dealkylation sites (tertiary alicyclic amines) is 1. The molecule has 2 heterocycles. The summed E-state index contributed by atoms with van der Waals surface area (Å²) >= 11 is 0. The molecule has 3 aromatic rings. The van der Waals surface area contributed by atoms with Crippen molar-refractivity contribution in [3.63, 3.8) is 0 Å². The number of hydrogen-bond acceptors (Lipinski definition) is 7. The lowest BCUT2D eigenvalue weighted by Gasteiger charge is -2.34. The standard InChI is InChI=1S/C28H31N3O6/c1-3-36-28(34)21-12-8-14-31(18-21)27(33)24(15-19-9-5-4-6-10-19)29-26(32)23-17-25(37-30-23)20-11-7-13-22(16-20)35-2/h4-7,9-11,13,16-17,21,24H,3,8,12,14-15,18H2,1-2H3,(H,29,32)/t21-,24-/m0/s1. The van der Waals surface area contributed by atoms with Gasteiger partial charge in [0.2, 0.25) is 5.91 Å².